The van der Waals surface area contributed by atoms with Gasteiger partial charge in [-0.2, -0.15) is 0 Å². The van der Waals surface area contributed by atoms with Gasteiger partial charge in [-0.15, -0.1) is 0 Å². The molecule has 0 aromatic rings. The van der Waals surface area contributed by atoms with E-state index in [1.807, 2.05) is 0 Å². The quantitative estimate of drug-likeness (QED) is 0.674. The largest absolute Gasteiger partial charge is 0.524 e. The summed E-state index contributed by atoms with van der Waals surface area (Å²) in [6.07, 6.45) is 5.96. The number of unbranched alkanes of at least 4 members (excludes halogenated alkanes) is 1. The molecule has 1 rings (SSSR count). The van der Waals surface area contributed by atoms with Gasteiger partial charge in [0.05, 0.1) is 6.61 Å². The molecule has 0 aliphatic carbocycles. The van der Waals surface area contributed by atoms with E-state index in [-0.39, 0.29) is 0 Å². The van der Waals surface area contributed by atoms with Crippen LogP contribution in [0.2, 0.25) is 5.04 Å². The maximum absolute atomic E-state index is 5.76. The van der Waals surface area contributed by atoms with Gasteiger partial charge in [-0.1, -0.05) is 40.5 Å². The smallest absolute Gasteiger partial charge is 0.261 e. The highest BCUT2D eigenvalue weighted by Gasteiger charge is 2.20. The van der Waals surface area contributed by atoms with Crippen molar-refractivity contribution in [1.82, 2.24) is 0 Å². The van der Waals surface area contributed by atoms with Crippen LogP contribution in [-0.4, -0.2) is 16.4 Å². The minimum absolute atomic E-state index is 0.339. The summed E-state index contributed by atoms with van der Waals surface area (Å²) in [5.74, 6) is 1.40. The van der Waals surface area contributed by atoms with Crippen LogP contribution in [0.4, 0.5) is 0 Å². The van der Waals surface area contributed by atoms with Crippen LogP contribution >= 0.6 is 0 Å². The van der Waals surface area contributed by atoms with Gasteiger partial charge in [0.25, 0.3) is 5.95 Å². The Morgan fingerprint density at radius 1 is 1.53 bits per heavy atom. The van der Waals surface area contributed by atoms with Crippen LogP contribution in [0.1, 0.15) is 47.0 Å². The molecule has 0 radical (unpaired) electrons. The molecule has 88 valence electrons. The van der Waals surface area contributed by atoms with E-state index in [9.17, 15) is 0 Å². The normalized spacial score (nSPS) is 21.9. The van der Waals surface area contributed by atoms with Crippen molar-refractivity contribution in [2.45, 2.75) is 52.0 Å². The summed E-state index contributed by atoms with van der Waals surface area (Å²) in [5.41, 5.74) is 0. The van der Waals surface area contributed by atoms with Gasteiger partial charge >= 0.3 is 0 Å². The van der Waals surface area contributed by atoms with Crippen molar-refractivity contribution in [2.75, 3.05) is 6.61 Å². The van der Waals surface area contributed by atoms with Crippen LogP contribution in [0.3, 0.4) is 0 Å². The van der Waals surface area contributed by atoms with Crippen molar-refractivity contribution in [3.8, 4) is 0 Å². The van der Waals surface area contributed by atoms with Crippen LogP contribution < -0.4 is 0 Å². The molecule has 0 aromatic carbocycles. The first kappa shape index (κ1) is 12.6. The first-order valence-electron chi connectivity index (χ1n) is 5.98. The molecule has 0 fully saturated rings. The van der Waals surface area contributed by atoms with Crippen LogP contribution in [0.15, 0.2) is 12.0 Å². The summed E-state index contributed by atoms with van der Waals surface area (Å²) >= 11 is 0. The molecular formula is C12H24O2Si. The molecule has 0 saturated heterocycles. The lowest BCUT2D eigenvalue weighted by Gasteiger charge is -2.17. The second kappa shape index (κ2) is 5.59. The Balaban J connectivity index is 2.26. The average Bonchev–Trinajstić information content (AvgIpc) is 2.58. The third kappa shape index (κ3) is 5.26. The average molecular weight is 228 g/mol. The van der Waals surface area contributed by atoms with Crippen LogP contribution in [0.25, 0.3) is 0 Å². The summed E-state index contributed by atoms with van der Waals surface area (Å²) in [5, 5.41) is 0.339. The van der Waals surface area contributed by atoms with Gasteiger partial charge < -0.3 is 9.16 Å². The van der Waals surface area contributed by atoms with Crippen molar-refractivity contribution in [1.29, 1.82) is 0 Å². The first-order chi connectivity index (χ1) is 7.01. The third-order valence-corrected chi connectivity index (χ3v) is 3.68. The van der Waals surface area contributed by atoms with Gasteiger partial charge in [-0.05, 0) is 11.5 Å². The molecule has 15 heavy (non-hydrogen) atoms. The lowest BCUT2D eigenvalue weighted by molar-refractivity contribution is 0.120. The van der Waals surface area contributed by atoms with Gasteiger partial charge in [0.1, 0.15) is 0 Å². The maximum atomic E-state index is 5.76. The highest BCUT2D eigenvalue weighted by molar-refractivity contribution is 6.32. The Morgan fingerprint density at radius 2 is 2.27 bits per heavy atom. The topological polar surface area (TPSA) is 18.5 Å². The van der Waals surface area contributed by atoms with E-state index in [4.69, 9.17) is 9.16 Å². The summed E-state index contributed by atoms with van der Waals surface area (Å²) in [6, 6.07) is 0. The number of ether oxygens (including phenoxy) is 1. The van der Waals surface area contributed by atoms with Gasteiger partial charge in [-0.25, -0.2) is 0 Å². The summed E-state index contributed by atoms with van der Waals surface area (Å²) in [7, 11) is -0.515. The summed E-state index contributed by atoms with van der Waals surface area (Å²) in [4.78, 5) is 0. The van der Waals surface area contributed by atoms with Crippen LogP contribution in [0, 0.1) is 5.92 Å². The molecule has 2 nitrogen and oxygen atoms in total. The van der Waals surface area contributed by atoms with Gasteiger partial charge in [0, 0.05) is 12.0 Å². The minimum atomic E-state index is -0.515. The Morgan fingerprint density at radius 3 is 2.87 bits per heavy atom. The number of hydrogen-bond acceptors (Lipinski definition) is 2. The van der Waals surface area contributed by atoms with E-state index < -0.39 is 9.76 Å². The van der Waals surface area contributed by atoms with Gasteiger partial charge in [-0.3, -0.25) is 0 Å². The van der Waals surface area contributed by atoms with E-state index in [1.165, 1.54) is 19.3 Å². The van der Waals surface area contributed by atoms with E-state index in [2.05, 4.69) is 33.8 Å². The summed E-state index contributed by atoms with van der Waals surface area (Å²) < 4.78 is 11.3. The highest BCUT2D eigenvalue weighted by Crippen LogP contribution is 2.25. The Bertz CT molecular complexity index is 218. The van der Waals surface area contributed by atoms with Crippen LogP contribution in [-0.2, 0) is 9.16 Å². The number of hydrogen-bond donors (Lipinski definition) is 0. The molecule has 1 heterocycles. The predicted octanol–water partition coefficient (Wildman–Crippen LogP) is 2.98. The second-order valence-electron chi connectivity index (χ2n) is 5.55. The molecule has 0 N–H and O–H groups in total. The molecule has 0 aromatic heterocycles. The van der Waals surface area contributed by atoms with Gasteiger partial charge in [0.2, 0.25) is 9.76 Å². The fourth-order valence-corrected chi connectivity index (χ4v) is 2.24. The fourth-order valence-electron chi connectivity index (χ4n) is 1.49. The molecule has 0 unspecified atom stereocenters. The molecule has 1 aliphatic rings. The Hall–Kier alpha value is -0.443. The molecule has 3 heteroatoms. The van der Waals surface area contributed by atoms with Gasteiger partial charge in [0.15, 0.2) is 0 Å². The SMILES string of the molecule is CCCC[C@@H]1C=C(O[SiH2]C(C)(C)C)OC1. The molecule has 0 saturated carbocycles. The van der Waals surface area contributed by atoms with E-state index in [1.54, 1.807) is 0 Å². The van der Waals surface area contributed by atoms with E-state index >= 15 is 0 Å². The Kier molecular flexibility index (Phi) is 4.70. The molecular weight excluding hydrogens is 204 g/mol. The summed E-state index contributed by atoms with van der Waals surface area (Å²) in [6.45, 7) is 9.73. The monoisotopic (exact) mass is 228 g/mol. The Labute approximate surface area is 96.0 Å². The molecule has 0 bridgehead atoms. The van der Waals surface area contributed by atoms with Crippen molar-refractivity contribution in [3.05, 3.63) is 12.0 Å². The molecule has 1 aliphatic heterocycles. The minimum Gasteiger partial charge on any atom is -0.524 e. The second-order valence-corrected chi connectivity index (χ2v) is 8.25. The molecule has 1 atom stereocenters. The third-order valence-electron chi connectivity index (χ3n) is 2.39. The fraction of sp³-hybridized carbons (Fsp3) is 0.833. The standard InChI is InChI=1S/C12H24O2Si/c1-5-6-7-10-8-11(13-9-10)14-15-12(2,3)4/h8,10H,5-7,9,15H2,1-4H3/t10-/m1/s1. The zero-order valence-corrected chi connectivity index (χ0v) is 11.9. The van der Waals surface area contributed by atoms with Crippen molar-refractivity contribution >= 4 is 9.76 Å². The highest BCUT2D eigenvalue weighted by atomic mass is 28.2. The molecule has 0 amide bonds. The first-order valence-corrected chi connectivity index (χ1v) is 7.27. The van der Waals surface area contributed by atoms with E-state index in [0.29, 0.717) is 11.0 Å². The lowest BCUT2D eigenvalue weighted by atomic mass is 10.0. The van der Waals surface area contributed by atoms with Crippen LogP contribution in [0.5, 0.6) is 0 Å². The number of rotatable bonds is 5. The lowest BCUT2D eigenvalue weighted by Crippen LogP contribution is -2.12. The van der Waals surface area contributed by atoms with Crippen molar-refractivity contribution in [2.24, 2.45) is 5.92 Å². The predicted molar refractivity (Wildman–Crippen MR) is 66.4 cm³/mol. The zero-order chi connectivity index (χ0) is 11.3. The van der Waals surface area contributed by atoms with E-state index in [0.717, 1.165) is 12.6 Å². The zero-order valence-electron chi connectivity index (χ0n) is 10.5. The van der Waals surface area contributed by atoms with Crippen molar-refractivity contribution in [3.63, 3.8) is 0 Å². The molecule has 0 spiro atoms. The maximum Gasteiger partial charge on any atom is 0.261 e. The van der Waals surface area contributed by atoms with Crippen molar-refractivity contribution < 1.29 is 9.16 Å².